The quantitative estimate of drug-likeness (QED) is 0.752. The zero-order valence-corrected chi connectivity index (χ0v) is 13.8. The van der Waals surface area contributed by atoms with E-state index >= 15 is 0 Å². The molecule has 0 aliphatic rings. The summed E-state index contributed by atoms with van der Waals surface area (Å²) in [7, 11) is 4.00. The van der Waals surface area contributed by atoms with Crippen molar-refractivity contribution in [1.82, 2.24) is 9.97 Å². The number of H-pyrrole nitrogens is 1. The van der Waals surface area contributed by atoms with Crippen molar-refractivity contribution < 1.29 is 4.55 Å². The third-order valence-corrected chi connectivity index (χ3v) is 4.90. The minimum atomic E-state index is -1.20. The molecule has 3 aromatic rings. The van der Waals surface area contributed by atoms with E-state index in [0.717, 1.165) is 27.8 Å². The molecule has 4 nitrogen and oxygen atoms in total. The zero-order valence-electron chi connectivity index (χ0n) is 13.0. The Balaban J connectivity index is 1.92. The Morgan fingerprint density at radius 3 is 2.64 bits per heavy atom. The zero-order chi connectivity index (χ0) is 15.7. The summed E-state index contributed by atoms with van der Waals surface area (Å²) >= 11 is -1.20. The summed E-state index contributed by atoms with van der Waals surface area (Å²) in [4.78, 5) is 9.66. The summed E-state index contributed by atoms with van der Waals surface area (Å²) in [5, 5.41) is 0.536. The van der Waals surface area contributed by atoms with E-state index in [4.69, 9.17) is 0 Å². The van der Waals surface area contributed by atoms with Gasteiger partial charge in [-0.1, -0.05) is 24.3 Å². The highest BCUT2D eigenvalue weighted by Gasteiger charge is 2.20. The van der Waals surface area contributed by atoms with Crippen molar-refractivity contribution in [2.45, 2.75) is 17.8 Å². The lowest BCUT2D eigenvalue weighted by atomic mass is 10.1. The Morgan fingerprint density at radius 1 is 1.14 bits per heavy atom. The molecule has 0 amide bonds. The Morgan fingerprint density at radius 2 is 1.91 bits per heavy atom. The molecular weight excluding hydrogens is 294 g/mol. The van der Waals surface area contributed by atoms with Crippen LogP contribution in [-0.4, -0.2) is 28.6 Å². The number of aromatic amines is 1. The van der Waals surface area contributed by atoms with Gasteiger partial charge in [0.1, 0.15) is 5.75 Å². The maximum Gasteiger partial charge on any atom is 0.321 e. The standard InChI is InChI=1S/C17H19N3OS/c1-12-7-6-10-16(20(2)3)13(12)11-22(21)17-18-14-8-4-5-9-15(14)19-17/h4-10H,11H2,1-3H3,(H,18,19). The normalized spacial score (nSPS) is 12.5. The van der Waals surface area contributed by atoms with Crippen molar-refractivity contribution in [1.29, 1.82) is 0 Å². The van der Waals surface area contributed by atoms with Gasteiger partial charge in [0, 0.05) is 36.5 Å². The van der Waals surface area contributed by atoms with Crippen LogP contribution >= 0.6 is 0 Å². The van der Waals surface area contributed by atoms with Gasteiger partial charge in [-0.05, 0) is 30.7 Å². The summed E-state index contributed by atoms with van der Waals surface area (Å²) in [5.74, 6) is 0.458. The van der Waals surface area contributed by atoms with Crippen molar-refractivity contribution >= 4 is 27.9 Å². The molecule has 0 saturated carbocycles. The molecule has 1 heterocycles. The summed E-state index contributed by atoms with van der Waals surface area (Å²) in [6, 6.07) is 13.9. The highest BCUT2D eigenvalue weighted by atomic mass is 32.2. The van der Waals surface area contributed by atoms with Crippen LogP contribution in [0.15, 0.2) is 47.6 Å². The number of nitrogens with one attached hydrogen (secondary N) is 1. The van der Waals surface area contributed by atoms with Gasteiger partial charge < -0.3 is 9.45 Å². The number of anilines is 1. The monoisotopic (exact) mass is 313 g/mol. The fourth-order valence-electron chi connectivity index (χ4n) is 2.53. The van der Waals surface area contributed by atoms with Crippen molar-refractivity contribution in [3.63, 3.8) is 0 Å². The van der Waals surface area contributed by atoms with Gasteiger partial charge in [0.15, 0.2) is 0 Å². The van der Waals surface area contributed by atoms with Crippen LogP contribution in [0.2, 0.25) is 0 Å². The number of rotatable bonds is 4. The van der Waals surface area contributed by atoms with Gasteiger partial charge in [0.25, 0.3) is 0 Å². The molecule has 0 spiro atoms. The number of para-hydroxylation sites is 2. The van der Waals surface area contributed by atoms with Crippen LogP contribution in [0.3, 0.4) is 0 Å². The molecule has 0 saturated heterocycles. The molecule has 0 bridgehead atoms. The molecule has 0 radical (unpaired) electrons. The molecule has 1 aromatic heterocycles. The Labute approximate surface area is 133 Å². The molecule has 2 aromatic carbocycles. The average Bonchev–Trinajstić information content (AvgIpc) is 2.93. The third kappa shape index (κ3) is 2.82. The lowest BCUT2D eigenvalue weighted by molar-refractivity contribution is 0.587. The maximum atomic E-state index is 12.7. The van der Waals surface area contributed by atoms with Crippen LogP contribution in [0.4, 0.5) is 5.69 Å². The lowest BCUT2D eigenvalue weighted by Crippen LogP contribution is -2.15. The molecule has 0 aliphatic carbocycles. The largest absolute Gasteiger partial charge is 0.609 e. The average molecular weight is 313 g/mol. The first kappa shape index (κ1) is 14.9. The highest BCUT2D eigenvalue weighted by molar-refractivity contribution is 7.90. The fourth-order valence-corrected chi connectivity index (χ4v) is 3.73. The molecule has 0 fully saturated rings. The predicted molar refractivity (Wildman–Crippen MR) is 91.7 cm³/mol. The van der Waals surface area contributed by atoms with E-state index in [1.807, 2.05) is 44.4 Å². The lowest BCUT2D eigenvalue weighted by Gasteiger charge is -2.19. The van der Waals surface area contributed by atoms with Crippen LogP contribution in [0.5, 0.6) is 0 Å². The summed E-state index contributed by atoms with van der Waals surface area (Å²) in [6.45, 7) is 2.05. The molecule has 0 aliphatic heterocycles. The first-order valence-corrected chi connectivity index (χ1v) is 8.47. The molecule has 5 heteroatoms. The van der Waals surface area contributed by atoms with E-state index in [-0.39, 0.29) is 0 Å². The second kappa shape index (κ2) is 6.02. The van der Waals surface area contributed by atoms with E-state index in [0.29, 0.717) is 10.9 Å². The number of hydrogen-bond acceptors (Lipinski definition) is 3. The van der Waals surface area contributed by atoms with Crippen molar-refractivity contribution in [2.75, 3.05) is 19.0 Å². The van der Waals surface area contributed by atoms with Gasteiger partial charge >= 0.3 is 5.16 Å². The van der Waals surface area contributed by atoms with Crippen LogP contribution in [-0.2, 0) is 16.9 Å². The molecular formula is C17H19N3OS. The molecule has 114 valence electrons. The number of imidazole rings is 1. The van der Waals surface area contributed by atoms with Crippen LogP contribution in [0.25, 0.3) is 11.0 Å². The number of nitrogens with zero attached hydrogens (tertiary/aromatic N) is 2. The van der Waals surface area contributed by atoms with Gasteiger partial charge in [-0.25, -0.2) is 0 Å². The van der Waals surface area contributed by atoms with E-state index in [2.05, 4.69) is 33.9 Å². The SMILES string of the molecule is Cc1cccc(N(C)C)c1C[S+]([O-])c1nc2ccccc2[nH]1. The second-order valence-electron chi connectivity index (χ2n) is 5.52. The van der Waals surface area contributed by atoms with Crippen molar-refractivity contribution in [2.24, 2.45) is 0 Å². The number of aryl methyl sites for hydroxylation is 1. The van der Waals surface area contributed by atoms with Crippen LogP contribution < -0.4 is 4.90 Å². The minimum Gasteiger partial charge on any atom is -0.609 e. The second-order valence-corrected chi connectivity index (χ2v) is 6.88. The minimum absolute atomic E-state index is 0.458. The smallest absolute Gasteiger partial charge is 0.321 e. The van der Waals surface area contributed by atoms with E-state index < -0.39 is 11.2 Å². The summed E-state index contributed by atoms with van der Waals surface area (Å²) in [5.41, 5.74) is 5.12. The predicted octanol–water partition coefficient (Wildman–Crippen LogP) is 3.25. The van der Waals surface area contributed by atoms with Crippen molar-refractivity contribution in [3.05, 3.63) is 53.6 Å². The number of hydrogen-bond donors (Lipinski definition) is 1. The van der Waals surface area contributed by atoms with Crippen molar-refractivity contribution in [3.8, 4) is 0 Å². The van der Waals surface area contributed by atoms with Gasteiger partial charge in [-0.2, -0.15) is 4.98 Å². The van der Waals surface area contributed by atoms with Gasteiger partial charge in [0.05, 0.1) is 11.0 Å². The Kier molecular flexibility index (Phi) is 4.09. The van der Waals surface area contributed by atoms with Gasteiger partial charge in [0.2, 0.25) is 0 Å². The first-order chi connectivity index (χ1) is 10.6. The molecule has 1 atom stereocenters. The number of fused-ring (bicyclic) bond motifs is 1. The highest BCUT2D eigenvalue weighted by Crippen LogP contribution is 2.26. The van der Waals surface area contributed by atoms with Crippen LogP contribution in [0.1, 0.15) is 11.1 Å². The molecule has 1 unspecified atom stereocenters. The molecule has 1 N–H and O–H groups in total. The summed E-state index contributed by atoms with van der Waals surface area (Å²) in [6.07, 6.45) is 0. The van der Waals surface area contributed by atoms with E-state index in [1.165, 1.54) is 0 Å². The third-order valence-electron chi connectivity index (χ3n) is 3.73. The van der Waals surface area contributed by atoms with Crippen LogP contribution in [0, 0.1) is 6.92 Å². The van der Waals surface area contributed by atoms with E-state index in [1.54, 1.807) is 0 Å². The summed E-state index contributed by atoms with van der Waals surface area (Å²) < 4.78 is 12.7. The first-order valence-electron chi connectivity index (χ1n) is 7.15. The molecule has 3 rings (SSSR count). The topological polar surface area (TPSA) is 55.0 Å². The fraction of sp³-hybridized carbons (Fsp3) is 0.235. The Bertz CT molecular complexity index is 764. The Hall–Kier alpha value is -1.98. The molecule has 22 heavy (non-hydrogen) atoms. The van der Waals surface area contributed by atoms with Gasteiger partial charge in [-0.15, -0.1) is 0 Å². The number of benzene rings is 2. The number of aromatic nitrogens is 2. The van der Waals surface area contributed by atoms with E-state index in [9.17, 15) is 4.55 Å². The maximum absolute atomic E-state index is 12.7. The van der Waals surface area contributed by atoms with Gasteiger partial charge in [-0.3, -0.25) is 4.98 Å².